The van der Waals surface area contributed by atoms with Crippen molar-refractivity contribution in [1.82, 2.24) is 14.9 Å². The molecule has 2 heterocycles. The quantitative estimate of drug-likeness (QED) is 0.835. The largest absolute Gasteiger partial charge is 0.448 e. The summed E-state index contributed by atoms with van der Waals surface area (Å²) in [6, 6.07) is 1.35. The number of carbonyl (C=O) groups excluding carboxylic acids is 1. The SMILES string of the molecule is Cc1oc(S(=O)(=O)N(C)C)cc1C(=O)N[C@H]1CCCNC1. The lowest BCUT2D eigenvalue weighted by atomic mass is 10.1. The van der Waals surface area contributed by atoms with Crippen LogP contribution in [0.4, 0.5) is 0 Å². The predicted octanol–water partition coefficient (Wildman–Crippen LogP) is 0.320. The Kier molecular flexibility index (Phi) is 4.70. The Labute approximate surface area is 124 Å². The summed E-state index contributed by atoms with van der Waals surface area (Å²) in [6.07, 6.45) is 1.92. The zero-order chi connectivity index (χ0) is 15.6. The predicted molar refractivity (Wildman–Crippen MR) is 77.7 cm³/mol. The third kappa shape index (κ3) is 3.45. The van der Waals surface area contributed by atoms with E-state index < -0.39 is 10.0 Å². The molecule has 2 rings (SSSR count). The molecule has 118 valence electrons. The Hall–Kier alpha value is -1.38. The van der Waals surface area contributed by atoms with Gasteiger partial charge in [-0.15, -0.1) is 0 Å². The number of aryl methyl sites for hydroxylation is 1. The van der Waals surface area contributed by atoms with Crippen molar-refractivity contribution in [3.63, 3.8) is 0 Å². The molecule has 2 N–H and O–H groups in total. The number of nitrogens with zero attached hydrogens (tertiary/aromatic N) is 1. The number of hydrogen-bond donors (Lipinski definition) is 2. The van der Waals surface area contributed by atoms with Gasteiger partial charge in [0.25, 0.3) is 15.9 Å². The van der Waals surface area contributed by atoms with Gasteiger partial charge in [0.1, 0.15) is 5.76 Å². The second-order valence-corrected chi connectivity index (χ2v) is 7.42. The van der Waals surface area contributed by atoms with E-state index >= 15 is 0 Å². The maximum atomic E-state index is 12.2. The first kappa shape index (κ1) is 16.0. The van der Waals surface area contributed by atoms with Crippen LogP contribution in [0.5, 0.6) is 0 Å². The van der Waals surface area contributed by atoms with Crippen LogP contribution in [0, 0.1) is 6.92 Å². The Morgan fingerprint density at radius 3 is 2.76 bits per heavy atom. The molecule has 1 aliphatic heterocycles. The number of hydrogen-bond acceptors (Lipinski definition) is 5. The molecule has 21 heavy (non-hydrogen) atoms. The van der Waals surface area contributed by atoms with Crippen LogP contribution in [0.1, 0.15) is 29.0 Å². The van der Waals surface area contributed by atoms with Gasteiger partial charge in [0, 0.05) is 32.7 Å². The summed E-state index contributed by atoms with van der Waals surface area (Å²) in [7, 11) is -0.836. The Morgan fingerprint density at radius 1 is 1.48 bits per heavy atom. The number of nitrogens with one attached hydrogen (secondary N) is 2. The third-order valence-electron chi connectivity index (χ3n) is 3.51. The van der Waals surface area contributed by atoms with Crippen LogP contribution in [-0.4, -0.2) is 51.9 Å². The van der Waals surface area contributed by atoms with Gasteiger partial charge in [-0.1, -0.05) is 0 Å². The number of piperidine rings is 1. The molecule has 1 aliphatic rings. The van der Waals surface area contributed by atoms with Crippen LogP contribution in [0.15, 0.2) is 15.6 Å². The fraction of sp³-hybridized carbons (Fsp3) is 0.615. The molecule has 0 radical (unpaired) electrons. The lowest BCUT2D eigenvalue weighted by molar-refractivity contribution is 0.0929. The summed E-state index contributed by atoms with van der Waals surface area (Å²) in [6.45, 7) is 3.27. The van der Waals surface area contributed by atoms with Crippen LogP contribution in [-0.2, 0) is 10.0 Å². The standard InChI is InChI=1S/C13H21N3O4S/c1-9-11(7-12(20-9)21(18,19)16(2)3)13(17)15-10-5-4-6-14-8-10/h7,10,14H,4-6,8H2,1-3H3,(H,15,17)/t10-/m0/s1. The Balaban J connectivity index is 2.17. The molecule has 0 unspecified atom stereocenters. The summed E-state index contributed by atoms with van der Waals surface area (Å²) in [5.41, 5.74) is 0.265. The van der Waals surface area contributed by atoms with Gasteiger partial charge in [-0.2, -0.15) is 0 Å². The summed E-state index contributed by atoms with van der Waals surface area (Å²) in [5, 5.41) is 5.90. The van der Waals surface area contributed by atoms with Gasteiger partial charge in [0.05, 0.1) is 5.56 Å². The number of rotatable bonds is 4. The zero-order valence-corrected chi connectivity index (χ0v) is 13.3. The van der Waals surface area contributed by atoms with Crippen molar-refractivity contribution in [2.24, 2.45) is 0 Å². The molecule has 0 spiro atoms. The monoisotopic (exact) mass is 315 g/mol. The highest BCUT2D eigenvalue weighted by atomic mass is 32.2. The van der Waals surface area contributed by atoms with E-state index in [0.717, 1.165) is 30.2 Å². The highest BCUT2D eigenvalue weighted by Gasteiger charge is 2.26. The first-order chi connectivity index (χ1) is 9.82. The molecule has 1 aromatic heterocycles. The van der Waals surface area contributed by atoms with Gasteiger partial charge in [-0.25, -0.2) is 12.7 Å². The molecule has 7 nitrogen and oxygen atoms in total. The maximum absolute atomic E-state index is 12.2. The van der Waals surface area contributed by atoms with Crippen molar-refractivity contribution in [2.75, 3.05) is 27.2 Å². The lowest BCUT2D eigenvalue weighted by Crippen LogP contribution is -2.45. The van der Waals surface area contributed by atoms with Crippen LogP contribution < -0.4 is 10.6 Å². The number of carbonyl (C=O) groups is 1. The minimum atomic E-state index is -3.67. The van der Waals surface area contributed by atoms with Crippen molar-refractivity contribution < 1.29 is 17.6 Å². The van der Waals surface area contributed by atoms with Gasteiger partial charge in [0.15, 0.2) is 0 Å². The fourth-order valence-electron chi connectivity index (χ4n) is 2.23. The minimum absolute atomic E-state index is 0.0643. The molecule has 0 aliphatic carbocycles. The molecule has 1 atom stereocenters. The van der Waals surface area contributed by atoms with E-state index in [1.165, 1.54) is 20.2 Å². The average molecular weight is 315 g/mol. The van der Waals surface area contributed by atoms with Crippen LogP contribution in [0.2, 0.25) is 0 Å². The summed E-state index contributed by atoms with van der Waals surface area (Å²) in [5.74, 6) is 0.00171. The summed E-state index contributed by atoms with van der Waals surface area (Å²) in [4.78, 5) is 12.2. The average Bonchev–Trinajstić information content (AvgIpc) is 2.82. The fourth-order valence-corrected chi connectivity index (χ4v) is 3.08. The number of amides is 1. The molecular formula is C13H21N3O4S. The van der Waals surface area contributed by atoms with Crippen LogP contribution in [0.25, 0.3) is 0 Å². The molecule has 0 bridgehead atoms. The minimum Gasteiger partial charge on any atom is -0.448 e. The van der Waals surface area contributed by atoms with Crippen LogP contribution in [0.3, 0.4) is 0 Å². The molecule has 0 aromatic carbocycles. The van der Waals surface area contributed by atoms with Gasteiger partial charge in [-0.05, 0) is 26.3 Å². The van der Waals surface area contributed by atoms with E-state index in [0.29, 0.717) is 5.76 Å². The van der Waals surface area contributed by atoms with E-state index in [1.807, 2.05) is 0 Å². The molecule has 0 saturated carbocycles. The molecule has 1 amide bonds. The van der Waals surface area contributed by atoms with Gasteiger partial charge >= 0.3 is 0 Å². The molecular weight excluding hydrogens is 294 g/mol. The Morgan fingerprint density at radius 2 is 2.19 bits per heavy atom. The Bertz CT molecular complexity index is 615. The van der Waals surface area contributed by atoms with E-state index in [2.05, 4.69) is 10.6 Å². The highest BCUT2D eigenvalue weighted by Crippen LogP contribution is 2.21. The number of sulfonamides is 1. The first-order valence-corrected chi connectivity index (χ1v) is 8.31. The van der Waals surface area contributed by atoms with Crippen molar-refractivity contribution in [3.8, 4) is 0 Å². The van der Waals surface area contributed by atoms with E-state index in [9.17, 15) is 13.2 Å². The topological polar surface area (TPSA) is 91.7 Å². The summed E-state index contributed by atoms with van der Waals surface area (Å²) >= 11 is 0. The normalized spacial score (nSPS) is 19.7. The van der Waals surface area contributed by atoms with E-state index in [-0.39, 0.29) is 22.6 Å². The molecule has 1 aromatic rings. The second kappa shape index (κ2) is 6.17. The van der Waals surface area contributed by atoms with Crippen molar-refractivity contribution in [2.45, 2.75) is 30.9 Å². The lowest BCUT2D eigenvalue weighted by Gasteiger charge is -2.23. The van der Waals surface area contributed by atoms with Crippen molar-refractivity contribution in [1.29, 1.82) is 0 Å². The first-order valence-electron chi connectivity index (χ1n) is 6.87. The van der Waals surface area contributed by atoms with Crippen LogP contribution >= 0.6 is 0 Å². The maximum Gasteiger partial charge on any atom is 0.275 e. The van der Waals surface area contributed by atoms with Gasteiger partial charge < -0.3 is 15.1 Å². The molecule has 1 saturated heterocycles. The van der Waals surface area contributed by atoms with Gasteiger partial charge in [0.2, 0.25) is 5.09 Å². The van der Waals surface area contributed by atoms with E-state index in [1.54, 1.807) is 6.92 Å². The number of furan rings is 1. The third-order valence-corrected chi connectivity index (χ3v) is 5.18. The van der Waals surface area contributed by atoms with E-state index in [4.69, 9.17) is 4.42 Å². The molecule has 1 fully saturated rings. The van der Waals surface area contributed by atoms with Crippen molar-refractivity contribution in [3.05, 3.63) is 17.4 Å². The smallest absolute Gasteiger partial charge is 0.275 e. The van der Waals surface area contributed by atoms with Gasteiger partial charge in [-0.3, -0.25) is 4.79 Å². The molecule has 8 heteroatoms. The highest BCUT2D eigenvalue weighted by molar-refractivity contribution is 7.88. The zero-order valence-electron chi connectivity index (χ0n) is 12.5. The van der Waals surface area contributed by atoms with Crippen molar-refractivity contribution >= 4 is 15.9 Å². The summed E-state index contributed by atoms with van der Waals surface area (Å²) < 4.78 is 30.3. The second-order valence-electron chi connectivity index (χ2n) is 5.34.